The first-order valence-electron chi connectivity index (χ1n) is 5.02. The molecule has 4 nitrogen and oxygen atoms in total. The molecule has 2 aromatic rings. The number of phenolic OH excluding ortho intramolecular Hbond substituents is 1. The quantitative estimate of drug-likeness (QED) is 0.760. The Morgan fingerprint density at radius 1 is 1.24 bits per heavy atom. The largest absolute Gasteiger partial charge is 0.503 e. The molecule has 0 aliphatic carbocycles. The first-order valence-corrected chi connectivity index (χ1v) is 5.02. The molecule has 0 aliphatic rings. The molecule has 17 heavy (non-hydrogen) atoms. The van der Waals surface area contributed by atoms with Gasteiger partial charge in [0.05, 0.1) is 6.54 Å². The normalized spacial score (nSPS) is 10.7. The minimum atomic E-state index is -0.959. The van der Waals surface area contributed by atoms with Gasteiger partial charge in [0.1, 0.15) is 5.82 Å². The lowest BCUT2D eigenvalue weighted by atomic mass is 10.2. The number of aromatic nitrogens is 2. The van der Waals surface area contributed by atoms with E-state index in [4.69, 9.17) is 5.11 Å². The van der Waals surface area contributed by atoms with Gasteiger partial charge in [0.25, 0.3) is 0 Å². The van der Waals surface area contributed by atoms with Crippen LogP contribution < -0.4 is 5.32 Å². The maximum Gasteiger partial charge on any atom is 0.187 e. The number of hydrogen-bond acceptors (Lipinski definition) is 3. The molecule has 0 unspecified atom stereocenters. The minimum Gasteiger partial charge on any atom is -0.503 e. The van der Waals surface area contributed by atoms with E-state index in [-0.39, 0.29) is 6.54 Å². The van der Waals surface area contributed by atoms with Crippen molar-refractivity contribution in [1.29, 1.82) is 0 Å². The number of hydrogen-bond donors (Lipinski definition) is 3. The fourth-order valence-corrected chi connectivity index (χ4v) is 1.44. The van der Waals surface area contributed by atoms with Crippen LogP contribution in [0.25, 0.3) is 0 Å². The second kappa shape index (κ2) is 4.92. The Morgan fingerprint density at radius 2 is 1.94 bits per heavy atom. The summed E-state index contributed by atoms with van der Waals surface area (Å²) in [5.74, 6) is -2.12. The number of phenols is 1. The van der Waals surface area contributed by atoms with Gasteiger partial charge in [0.15, 0.2) is 17.4 Å². The van der Waals surface area contributed by atoms with Crippen molar-refractivity contribution in [2.45, 2.75) is 13.1 Å². The molecule has 0 saturated carbocycles. The SMILES string of the molecule is Oc1c(F)cc(CNCc2ncc[nH]2)cc1F. The first-order chi connectivity index (χ1) is 8.16. The number of halogens is 2. The van der Waals surface area contributed by atoms with E-state index in [1.54, 1.807) is 12.4 Å². The molecule has 1 aromatic carbocycles. The molecule has 0 spiro atoms. The van der Waals surface area contributed by atoms with E-state index >= 15 is 0 Å². The monoisotopic (exact) mass is 239 g/mol. The predicted molar refractivity (Wildman–Crippen MR) is 57.2 cm³/mol. The molecule has 0 atom stereocenters. The minimum absolute atomic E-state index is 0.287. The number of nitrogens with one attached hydrogen (secondary N) is 2. The molecule has 3 N–H and O–H groups in total. The summed E-state index contributed by atoms with van der Waals surface area (Å²) in [6.07, 6.45) is 3.31. The fourth-order valence-electron chi connectivity index (χ4n) is 1.44. The Balaban J connectivity index is 1.95. The number of rotatable bonds is 4. The van der Waals surface area contributed by atoms with Crippen LogP contribution in [-0.2, 0) is 13.1 Å². The maximum atomic E-state index is 13.0. The Kier molecular flexibility index (Phi) is 3.34. The lowest BCUT2D eigenvalue weighted by molar-refractivity contribution is 0.395. The summed E-state index contributed by atoms with van der Waals surface area (Å²) < 4.78 is 26.0. The summed E-state index contributed by atoms with van der Waals surface area (Å²) in [6, 6.07) is 2.18. The Hall–Kier alpha value is -1.95. The van der Waals surface area contributed by atoms with Crippen LogP contribution in [0.1, 0.15) is 11.4 Å². The van der Waals surface area contributed by atoms with E-state index in [1.165, 1.54) is 0 Å². The molecular formula is C11H11F2N3O. The van der Waals surface area contributed by atoms with Crippen LogP contribution >= 0.6 is 0 Å². The molecule has 0 radical (unpaired) electrons. The highest BCUT2D eigenvalue weighted by Gasteiger charge is 2.09. The number of nitrogens with zero attached hydrogens (tertiary/aromatic N) is 1. The molecule has 90 valence electrons. The van der Waals surface area contributed by atoms with Gasteiger partial charge in [-0.05, 0) is 17.7 Å². The van der Waals surface area contributed by atoms with Crippen LogP contribution in [0.4, 0.5) is 8.78 Å². The third kappa shape index (κ3) is 2.79. The average molecular weight is 239 g/mol. The highest BCUT2D eigenvalue weighted by molar-refractivity contribution is 5.29. The molecular weight excluding hydrogens is 228 g/mol. The molecule has 1 heterocycles. The van der Waals surface area contributed by atoms with E-state index < -0.39 is 17.4 Å². The first kappa shape index (κ1) is 11.5. The second-order valence-corrected chi connectivity index (χ2v) is 3.55. The molecule has 0 saturated heterocycles. The van der Waals surface area contributed by atoms with Crippen molar-refractivity contribution in [3.8, 4) is 5.75 Å². The van der Waals surface area contributed by atoms with Crippen molar-refractivity contribution >= 4 is 0 Å². The molecule has 0 bridgehead atoms. The van der Waals surface area contributed by atoms with Gasteiger partial charge in [-0.15, -0.1) is 0 Å². The van der Waals surface area contributed by atoms with Crippen molar-refractivity contribution in [2.24, 2.45) is 0 Å². The lowest BCUT2D eigenvalue weighted by Crippen LogP contribution is -2.14. The number of aromatic hydroxyl groups is 1. The number of imidazole rings is 1. The summed E-state index contributed by atoms with van der Waals surface area (Å²) >= 11 is 0. The van der Waals surface area contributed by atoms with Gasteiger partial charge in [-0.3, -0.25) is 0 Å². The summed E-state index contributed by atoms with van der Waals surface area (Å²) in [5, 5.41) is 11.9. The van der Waals surface area contributed by atoms with Crippen molar-refractivity contribution in [2.75, 3.05) is 0 Å². The lowest BCUT2D eigenvalue weighted by Gasteiger charge is -2.05. The van der Waals surface area contributed by atoms with Gasteiger partial charge in [0.2, 0.25) is 0 Å². The van der Waals surface area contributed by atoms with Gasteiger partial charge in [-0.2, -0.15) is 0 Å². The molecule has 1 aromatic heterocycles. The smallest absolute Gasteiger partial charge is 0.187 e. The molecule has 0 fully saturated rings. The predicted octanol–water partition coefficient (Wildman–Crippen LogP) is 1.68. The molecule has 2 rings (SSSR count). The van der Waals surface area contributed by atoms with E-state index in [0.717, 1.165) is 18.0 Å². The van der Waals surface area contributed by atoms with Crippen LogP contribution in [0.15, 0.2) is 24.5 Å². The number of aromatic amines is 1. The number of benzene rings is 1. The van der Waals surface area contributed by atoms with Crippen LogP contribution in [0.5, 0.6) is 5.75 Å². The zero-order valence-corrected chi connectivity index (χ0v) is 8.87. The Morgan fingerprint density at radius 3 is 2.53 bits per heavy atom. The van der Waals surface area contributed by atoms with Gasteiger partial charge in [0, 0.05) is 18.9 Å². The highest BCUT2D eigenvalue weighted by atomic mass is 19.1. The topological polar surface area (TPSA) is 60.9 Å². The molecule has 0 amide bonds. The summed E-state index contributed by atoms with van der Waals surface area (Å²) in [4.78, 5) is 6.88. The van der Waals surface area contributed by atoms with Gasteiger partial charge >= 0.3 is 0 Å². The third-order valence-corrected chi connectivity index (χ3v) is 2.25. The Labute approximate surface area is 96.3 Å². The van der Waals surface area contributed by atoms with E-state index in [2.05, 4.69) is 15.3 Å². The van der Waals surface area contributed by atoms with Crippen LogP contribution in [0.3, 0.4) is 0 Å². The molecule has 6 heteroatoms. The zero-order valence-electron chi connectivity index (χ0n) is 8.87. The van der Waals surface area contributed by atoms with E-state index in [9.17, 15) is 8.78 Å². The maximum absolute atomic E-state index is 13.0. The Bertz CT molecular complexity index is 476. The van der Waals surface area contributed by atoms with Crippen LogP contribution in [-0.4, -0.2) is 15.1 Å². The summed E-state index contributed by atoms with van der Waals surface area (Å²) in [7, 11) is 0. The van der Waals surface area contributed by atoms with Crippen LogP contribution in [0, 0.1) is 11.6 Å². The van der Waals surface area contributed by atoms with Crippen molar-refractivity contribution < 1.29 is 13.9 Å². The van der Waals surface area contributed by atoms with E-state index in [1.807, 2.05) is 0 Å². The third-order valence-electron chi connectivity index (χ3n) is 2.25. The number of H-pyrrole nitrogens is 1. The second-order valence-electron chi connectivity index (χ2n) is 3.55. The van der Waals surface area contributed by atoms with Crippen LogP contribution in [0.2, 0.25) is 0 Å². The summed E-state index contributed by atoms with van der Waals surface area (Å²) in [6.45, 7) is 0.756. The standard InChI is InChI=1S/C11H11F2N3O/c12-8-3-7(4-9(13)11(8)17)5-14-6-10-15-1-2-16-10/h1-4,14,17H,5-6H2,(H,15,16). The van der Waals surface area contributed by atoms with Gasteiger partial charge < -0.3 is 15.4 Å². The zero-order chi connectivity index (χ0) is 12.3. The van der Waals surface area contributed by atoms with Crippen molar-refractivity contribution in [3.63, 3.8) is 0 Å². The summed E-state index contributed by atoms with van der Waals surface area (Å²) in [5.41, 5.74) is 0.421. The van der Waals surface area contributed by atoms with Crippen molar-refractivity contribution in [1.82, 2.24) is 15.3 Å². The average Bonchev–Trinajstić information content (AvgIpc) is 2.79. The molecule has 0 aliphatic heterocycles. The van der Waals surface area contributed by atoms with Gasteiger partial charge in [-0.1, -0.05) is 0 Å². The van der Waals surface area contributed by atoms with Gasteiger partial charge in [-0.25, -0.2) is 13.8 Å². The highest BCUT2D eigenvalue weighted by Crippen LogP contribution is 2.21. The fraction of sp³-hybridized carbons (Fsp3) is 0.182. The van der Waals surface area contributed by atoms with E-state index in [0.29, 0.717) is 12.1 Å². The van der Waals surface area contributed by atoms with Crippen molar-refractivity contribution in [3.05, 3.63) is 47.5 Å².